The molecule has 4 aromatic rings. The van der Waals surface area contributed by atoms with Crippen LogP contribution in [0.5, 0.6) is 17.2 Å². The molecule has 0 unspecified atom stereocenters. The van der Waals surface area contributed by atoms with Crippen molar-refractivity contribution < 1.29 is 23.8 Å². The maximum absolute atomic E-state index is 13.7. The molecular formula is C32H31N5O5. The van der Waals surface area contributed by atoms with Crippen LogP contribution in [0, 0.1) is 0 Å². The summed E-state index contributed by atoms with van der Waals surface area (Å²) in [6.07, 6.45) is 3.79. The number of anilines is 1. The second-order valence-electron chi connectivity index (χ2n) is 10.2. The molecular weight excluding hydrogens is 534 g/mol. The first-order chi connectivity index (χ1) is 20.6. The van der Waals surface area contributed by atoms with Gasteiger partial charge < -0.3 is 29.7 Å². The Morgan fingerprint density at radius 2 is 1.76 bits per heavy atom. The summed E-state index contributed by atoms with van der Waals surface area (Å²) in [5.74, 6) is 1.96. The number of carbonyl (C=O) groups is 2. The Bertz CT molecular complexity index is 1560. The molecule has 214 valence electrons. The van der Waals surface area contributed by atoms with E-state index in [1.165, 1.54) is 0 Å². The van der Waals surface area contributed by atoms with Gasteiger partial charge >= 0.3 is 0 Å². The first-order valence-corrected chi connectivity index (χ1v) is 13.8. The number of benzene rings is 3. The summed E-state index contributed by atoms with van der Waals surface area (Å²) in [7, 11) is 1.59. The molecule has 0 aliphatic carbocycles. The minimum atomic E-state index is -0.345. The van der Waals surface area contributed by atoms with Gasteiger partial charge in [-0.25, -0.2) is 9.97 Å². The fraction of sp³-hybridized carbons (Fsp3) is 0.250. The Kier molecular flexibility index (Phi) is 7.85. The number of fused-ring (bicyclic) bond motifs is 7. The van der Waals surface area contributed by atoms with Gasteiger partial charge in [-0.15, -0.1) is 0 Å². The van der Waals surface area contributed by atoms with Crippen LogP contribution in [0.1, 0.15) is 22.3 Å². The van der Waals surface area contributed by atoms with Gasteiger partial charge in [-0.05, 0) is 59.7 Å². The van der Waals surface area contributed by atoms with Crippen molar-refractivity contribution in [2.24, 2.45) is 0 Å². The molecule has 6 bridgehead atoms. The largest absolute Gasteiger partial charge is 0.496 e. The third-order valence-electron chi connectivity index (χ3n) is 7.38. The van der Waals surface area contributed by atoms with Crippen molar-refractivity contribution in [1.29, 1.82) is 0 Å². The van der Waals surface area contributed by atoms with Gasteiger partial charge in [0.1, 0.15) is 23.4 Å². The number of hydrogen-bond donors (Lipinski definition) is 2. The van der Waals surface area contributed by atoms with Crippen LogP contribution in [-0.2, 0) is 11.3 Å². The van der Waals surface area contributed by atoms with E-state index in [1.54, 1.807) is 49.8 Å². The quantitative estimate of drug-likeness (QED) is 0.379. The predicted octanol–water partition coefficient (Wildman–Crippen LogP) is 3.62. The molecule has 42 heavy (non-hydrogen) atoms. The lowest BCUT2D eigenvalue weighted by Crippen LogP contribution is -2.57. The van der Waals surface area contributed by atoms with Crippen molar-refractivity contribution in [2.75, 3.05) is 31.7 Å². The topological polar surface area (TPSA) is 115 Å². The number of nitrogens with zero attached hydrogens (tertiary/aromatic N) is 3. The summed E-state index contributed by atoms with van der Waals surface area (Å²) in [5.41, 5.74) is 2.92. The van der Waals surface area contributed by atoms with Gasteiger partial charge in [0.2, 0.25) is 5.95 Å². The summed E-state index contributed by atoms with van der Waals surface area (Å²) in [4.78, 5) is 37.1. The first-order valence-electron chi connectivity index (χ1n) is 13.8. The molecule has 0 radical (unpaired) electrons. The maximum atomic E-state index is 13.7. The maximum Gasteiger partial charge on any atom is 0.258 e. The van der Waals surface area contributed by atoms with Crippen molar-refractivity contribution in [3.63, 3.8) is 0 Å². The molecule has 1 fully saturated rings. The van der Waals surface area contributed by atoms with Crippen molar-refractivity contribution >= 4 is 17.8 Å². The van der Waals surface area contributed by atoms with E-state index in [0.717, 1.165) is 16.7 Å². The molecule has 7 rings (SSSR count). The van der Waals surface area contributed by atoms with Crippen molar-refractivity contribution in [2.45, 2.75) is 25.1 Å². The molecule has 2 N–H and O–H groups in total. The summed E-state index contributed by atoms with van der Waals surface area (Å²) in [5, 5.41) is 6.11. The van der Waals surface area contributed by atoms with E-state index >= 15 is 0 Å². The molecule has 2 atom stereocenters. The lowest BCUT2D eigenvalue weighted by molar-refractivity contribution is -0.123. The lowest BCUT2D eigenvalue weighted by atomic mass is 9.99. The van der Waals surface area contributed by atoms with E-state index in [0.29, 0.717) is 54.8 Å². The molecule has 1 aromatic heterocycles. The van der Waals surface area contributed by atoms with E-state index in [2.05, 4.69) is 25.5 Å². The molecule has 3 aromatic carbocycles. The van der Waals surface area contributed by atoms with Crippen molar-refractivity contribution in [3.05, 3.63) is 96.3 Å². The van der Waals surface area contributed by atoms with Crippen molar-refractivity contribution in [1.82, 2.24) is 20.6 Å². The lowest BCUT2D eigenvalue weighted by Gasteiger charge is -2.38. The number of ether oxygens (including phenoxy) is 3. The Balaban J connectivity index is 1.35. The molecule has 10 nitrogen and oxygen atoms in total. The van der Waals surface area contributed by atoms with E-state index in [1.807, 2.05) is 42.5 Å². The van der Waals surface area contributed by atoms with Gasteiger partial charge in [-0.1, -0.05) is 24.3 Å². The molecule has 3 aliphatic rings. The molecule has 10 heteroatoms. The zero-order chi connectivity index (χ0) is 28.9. The van der Waals surface area contributed by atoms with Crippen LogP contribution in [-0.4, -0.2) is 60.7 Å². The Hall–Kier alpha value is -5.12. The van der Waals surface area contributed by atoms with E-state index < -0.39 is 0 Å². The van der Waals surface area contributed by atoms with Gasteiger partial charge in [0, 0.05) is 49.6 Å². The summed E-state index contributed by atoms with van der Waals surface area (Å²) in [6.45, 7) is 1.39. The average molecular weight is 566 g/mol. The Morgan fingerprint density at radius 1 is 0.929 bits per heavy atom. The van der Waals surface area contributed by atoms with Crippen LogP contribution < -0.4 is 29.7 Å². The van der Waals surface area contributed by atoms with Crippen LogP contribution in [0.4, 0.5) is 5.95 Å². The standard InChI is InChI=1S/C32H31N5O5/c1-40-28-11-8-23-17-26(28)22-4-2-5-25(16-22)41-20-30(38)35-18-21-6-9-24(10-7-21)42-29-12-15-37(19-27(29)36-31(23)39)32-33-13-3-14-34-32/h2-11,13-14,16-17,27,29H,12,15,18-20H2,1H3,(H,35,38)(H,36,39)/t27-,29-/m1/s1. The monoisotopic (exact) mass is 565 g/mol. The number of piperidine rings is 1. The van der Waals surface area contributed by atoms with Gasteiger partial charge in [0.25, 0.3) is 11.8 Å². The minimum Gasteiger partial charge on any atom is -0.496 e. The highest BCUT2D eigenvalue weighted by Crippen LogP contribution is 2.33. The number of hydrogen-bond acceptors (Lipinski definition) is 8. The highest BCUT2D eigenvalue weighted by atomic mass is 16.5. The number of methoxy groups -OCH3 is 1. The summed E-state index contributed by atoms with van der Waals surface area (Å²) < 4.78 is 17.8. The number of rotatable bonds is 2. The number of amides is 2. The van der Waals surface area contributed by atoms with Crippen LogP contribution in [0.15, 0.2) is 85.2 Å². The second kappa shape index (κ2) is 12.2. The number of carbonyl (C=O) groups excluding carboxylic acids is 2. The summed E-state index contributed by atoms with van der Waals surface area (Å²) in [6, 6.07) is 21.7. The average Bonchev–Trinajstić information content (AvgIpc) is 3.04. The predicted molar refractivity (Wildman–Crippen MR) is 157 cm³/mol. The van der Waals surface area contributed by atoms with Gasteiger partial charge in [-0.2, -0.15) is 0 Å². The molecule has 0 spiro atoms. The Morgan fingerprint density at radius 3 is 2.57 bits per heavy atom. The third kappa shape index (κ3) is 6.12. The molecule has 2 amide bonds. The van der Waals surface area contributed by atoms with Crippen LogP contribution in [0.2, 0.25) is 0 Å². The van der Waals surface area contributed by atoms with E-state index in [-0.39, 0.29) is 30.6 Å². The van der Waals surface area contributed by atoms with Crippen LogP contribution in [0.3, 0.4) is 0 Å². The van der Waals surface area contributed by atoms with Gasteiger partial charge in [-0.3, -0.25) is 9.59 Å². The van der Waals surface area contributed by atoms with Crippen LogP contribution in [0.25, 0.3) is 11.1 Å². The zero-order valence-electron chi connectivity index (χ0n) is 23.2. The molecule has 3 aliphatic heterocycles. The molecule has 1 saturated heterocycles. The minimum absolute atomic E-state index is 0.127. The zero-order valence-corrected chi connectivity index (χ0v) is 23.2. The highest BCUT2D eigenvalue weighted by molar-refractivity contribution is 5.96. The van der Waals surface area contributed by atoms with Gasteiger partial charge in [0.05, 0.1) is 13.2 Å². The van der Waals surface area contributed by atoms with E-state index in [4.69, 9.17) is 14.2 Å². The number of nitrogens with one attached hydrogen (secondary N) is 2. The van der Waals surface area contributed by atoms with Crippen molar-refractivity contribution in [3.8, 4) is 28.4 Å². The smallest absolute Gasteiger partial charge is 0.258 e. The second-order valence-corrected chi connectivity index (χ2v) is 10.2. The van der Waals surface area contributed by atoms with E-state index in [9.17, 15) is 9.59 Å². The molecule has 0 saturated carbocycles. The highest BCUT2D eigenvalue weighted by Gasteiger charge is 2.33. The Labute approximate surface area is 243 Å². The molecule has 4 heterocycles. The normalized spacial score (nSPS) is 18.9. The van der Waals surface area contributed by atoms with Crippen LogP contribution >= 0.6 is 0 Å². The van der Waals surface area contributed by atoms with Gasteiger partial charge in [0.15, 0.2) is 6.61 Å². The third-order valence-corrected chi connectivity index (χ3v) is 7.38. The summed E-state index contributed by atoms with van der Waals surface area (Å²) >= 11 is 0. The fourth-order valence-corrected chi connectivity index (χ4v) is 5.19. The SMILES string of the molecule is COc1ccc2cc1-c1cccc(c1)OCC(=O)NCc1ccc(cc1)O[C@@H]1CCN(c3ncccn3)C[C@H]1NC2=O. The fourth-order valence-electron chi connectivity index (χ4n) is 5.19. The first kappa shape index (κ1) is 27.1. The number of aromatic nitrogens is 2.